The summed E-state index contributed by atoms with van der Waals surface area (Å²) in [4.78, 5) is 2.58. The molecule has 0 aliphatic carbocycles. The molecular formula is C12H25NO. The second-order valence-corrected chi connectivity index (χ2v) is 4.82. The Balaban J connectivity index is 2.43. The van der Waals surface area contributed by atoms with E-state index in [9.17, 15) is 0 Å². The molecule has 2 atom stereocenters. The zero-order valence-electron chi connectivity index (χ0n) is 10.1. The summed E-state index contributed by atoms with van der Waals surface area (Å²) in [6.45, 7) is 10.3. The van der Waals surface area contributed by atoms with Gasteiger partial charge in [0, 0.05) is 19.7 Å². The van der Waals surface area contributed by atoms with Gasteiger partial charge >= 0.3 is 0 Å². The van der Waals surface area contributed by atoms with E-state index in [0.29, 0.717) is 0 Å². The smallest absolute Gasteiger partial charge is 0.0589 e. The first-order valence-electron chi connectivity index (χ1n) is 5.89. The van der Waals surface area contributed by atoms with E-state index in [0.717, 1.165) is 31.0 Å². The molecule has 0 amide bonds. The molecule has 1 saturated heterocycles. The predicted molar refractivity (Wildman–Crippen MR) is 60.5 cm³/mol. The Labute approximate surface area is 88.6 Å². The Morgan fingerprint density at radius 2 is 2.14 bits per heavy atom. The van der Waals surface area contributed by atoms with Crippen molar-refractivity contribution in [2.75, 3.05) is 26.8 Å². The van der Waals surface area contributed by atoms with Gasteiger partial charge < -0.3 is 4.74 Å². The number of hydrogen-bond donors (Lipinski definition) is 0. The molecule has 84 valence electrons. The molecule has 1 rings (SSSR count). The molecule has 0 aromatic heterocycles. The molecule has 0 aromatic carbocycles. The molecule has 1 fully saturated rings. The minimum absolute atomic E-state index is 0.735. The van der Waals surface area contributed by atoms with E-state index in [2.05, 4.69) is 25.7 Å². The van der Waals surface area contributed by atoms with E-state index in [1.54, 1.807) is 7.11 Å². The molecule has 0 saturated carbocycles. The van der Waals surface area contributed by atoms with Crippen molar-refractivity contribution in [1.29, 1.82) is 0 Å². The van der Waals surface area contributed by atoms with Gasteiger partial charge in [-0.15, -0.1) is 0 Å². The van der Waals surface area contributed by atoms with Crippen LogP contribution in [0.25, 0.3) is 0 Å². The van der Waals surface area contributed by atoms with E-state index >= 15 is 0 Å². The molecule has 0 N–H and O–H groups in total. The number of piperidine rings is 1. The van der Waals surface area contributed by atoms with Crippen LogP contribution in [0, 0.1) is 11.8 Å². The maximum Gasteiger partial charge on any atom is 0.0589 e. The average molecular weight is 199 g/mol. The zero-order chi connectivity index (χ0) is 10.6. The monoisotopic (exact) mass is 199 g/mol. The van der Waals surface area contributed by atoms with Crippen LogP contribution in [0.15, 0.2) is 0 Å². The molecule has 1 aliphatic rings. The van der Waals surface area contributed by atoms with Crippen LogP contribution in [0.3, 0.4) is 0 Å². The number of ether oxygens (including phenoxy) is 1. The van der Waals surface area contributed by atoms with Crippen LogP contribution in [0.1, 0.15) is 33.6 Å². The fourth-order valence-corrected chi connectivity index (χ4v) is 2.66. The highest BCUT2D eigenvalue weighted by molar-refractivity contribution is 4.82. The minimum atomic E-state index is 0.735. The summed E-state index contributed by atoms with van der Waals surface area (Å²) in [6, 6.07) is 0.735. The summed E-state index contributed by atoms with van der Waals surface area (Å²) in [7, 11) is 1.79. The highest BCUT2D eigenvalue weighted by Crippen LogP contribution is 2.29. The van der Waals surface area contributed by atoms with Crippen molar-refractivity contribution in [3.8, 4) is 0 Å². The Kier molecular flexibility index (Phi) is 4.90. The highest BCUT2D eigenvalue weighted by Gasteiger charge is 2.29. The van der Waals surface area contributed by atoms with Gasteiger partial charge in [0.15, 0.2) is 0 Å². The molecule has 0 radical (unpaired) electrons. The van der Waals surface area contributed by atoms with Gasteiger partial charge in [0.2, 0.25) is 0 Å². The summed E-state index contributed by atoms with van der Waals surface area (Å²) in [6.07, 6.45) is 2.76. The van der Waals surface area contributed by atoms with Crippen molar-refractivity contribution in [1.82, 2.24) is 4.90 Å². The van der Waals surface area contributed by atoms with E-state index in [1.807, 2.05) is 0 Å². The van der Waals surface area contributed by atoms with E-state index in [1.165, 1.54) is 19.4 Å². The Hall–Kier alpha value is -0.0800. The third-order valence-corrected chi connectivity index (χ3v) is 3.62. The van der Waals surface area contributed by atoms with Crippen LogP contribution in [0.2, 0.25) is 0 Å². The normalized spacial score (nSPS) is 29.8. The van der Waals surface area contributed by atoms with Crippen LogP contribution in [-0.2, 0) is 4.74 Å². The topological polar surface area (TPSA) is 12.5 Å². The quantitative estimate of drug-likeness (QED) is 0.689. The lowest BCUT2D eigenvalue weighted by molar-refractivity contribution is 0.0539. The van der Waals surface area contributed by atoms with Crippen molar-refractivity contribution >= 4 is 0 Å². The molecule has 0 spiro atoms. The van der Waals surface area contributed by atoms with E-state index in [-0.39, 0.29) is 0 Å². The van der Waals surface area contributed by atoms with E-state index < -0.39 is 0 Å². The fourth-order valence-electron chi connectivity index (χ4n) is 2.66. The molecule has 0 aromatic rings. The van der Waals surface area contributed by atoms with Crippen LogP contribution < -0.4 is 0 Å². The van der Waals surface area contributed by atoms with Crippen LogP contribution in [0.5, 0.6) is 0 Å². The Morgan fingerprint density at radius 1 is 1.43 bits per heavy atom. The molecule has 1 heterocycles. The van der Waals surface area contributed by atoms with Gasteiger partial charge in [0.05, 0.1) is 6.61 Å². The van der Waals surface area contributed by atoms with E-state index in [4.69, 9.17) is 4.74 Å². The van der Waals surface area contributed by atoms with Crippen molar-refractivity contribution in [3.63, 3.8) is 0 Å². The third kappa shape index (κ3) is 2.96. The van der Waals surface area contributed by atoms with Crippen molar-refractivity contribution in [2.24, 2.45) is 11.8 Å². The second-order valence-electron chi connectivity index (χ2n) is 4.82. The molecule has 0 unspecified atom stereocenters. The summed E-state index contributed by atoms with van der Waals surface area (Å²) in [5.74, 6) is 1.69. The maximum atomic E-state index is 5.15. The second kappa shape index (κ2) is 5.72. The van der Waals surface area contributed by atoms with Crippen LogP contribution in [-0.4, -0.2) is 37.7 Å². The molecule has 14 heavy (non-hydrogen) atoms. The molecule has 1 aliphatic heterocycles. The summed E-state index contributed by atoms with van der Waals surface area (Å²) < 4.78 is 5.15. The summed E-state index contributed by atoms with van der Waals surface area (Å²) in [5, 5.41) is 0. The standard InChI is InChI=1S/C12H25NO/c1-10(2)12-6-5-7-13(11(12)3)8-9-14-4/h10-12H,5-9H2,1-4H3/t11-,12-/m1/s1. The summed E-state index contributed by atoms with van der Waals surface area (Å²) in [5.41, 5.74) is 0. The SMILES string of the molecule is COCCN1CCC[C@H](C(C)C)[C@H]1C. The van der Waals surface area contributed by atoms with Gasteiger partial charge in [0.1, 0.15) is 0 Å². The van der Waals surface area contributed by atoms with Gasteiger partial charge in [-0.3, -0.25) is 4.90 Å². The van der Waals surface area contributed by atoms with Gasteiger partial charge in [-0.1, -0.05) is 13.8 Å². The Bertz CT molecular complexity index is 158. The predicted octanol–water partition coefficient (Wildman–Crippen LogP) is 2.39. The van der Waals surface area contributed by atoms with Gasteiger partial charge in [-0.2, -0.15) is 0 Å². The number of nitrogens with zero attached hydrogens (tertiary/aromatic N) is 1. The van der Waals surface area contributed by atoms with Crippen LogP contribution in [0.4, 0.5) is 0 Å². The van der Waals surface area contributed by atoms with Crippen LogP contribution >= 0.6 is 0 Å². The van der Waals surface area contributed by atoms with Gasteiger partial charge in [-0.05, 0) is 38.1 Å². The fraction of sp³-hybridized carbons (Fsp3) is 1.00. The number of likely N-dealkylation sites (tertiary alicyclic amines) is 1. The van der Waals surface area contributed by atoms with Gasteiger partial charge in [0.25, 0.3) is 0 Å². The first-order chi connectivity index (χ1) is 6.66. The summed E-state index contributed by atoms with van der Waals surface area (Å²) >= 11 is 0. The first-order valence-corrected chi connectivity index (χ1v) is 5.89. The molecule has 2 nitrogen and oxygen atoms in total. The van der Waals surface area contributed by atoms with Crippen molar-refractivity contribution < 1.29 is 4.74 Å². The maximum absolute atomic E-state index is 5.15. The molecular weight excluding hydrogens is 174 g/mol. The highest BCUT2D eigenvalue weighted by atomic mass is 16.5. The third-order valence-electron chi connectivity index (χ3n) is 3.62. The van der Waals surface area contributed by atoms with Crippen molar-refractivity contribution in [3.05, 3.63) is 0 Å². The first kappa shape index (κ1) is 12.0. The minimum Gasteiger partial charge on any atom is -0.383 e. The molecule has 2 heteroatoms. The number of hydrogen-bond acceptors (Lipinski definition) is 2. The Morgan fingerprint density at radius 3 is 2.71 bits per heavy atom. The molecule has 0 bridgehead atoms. The average Bonchev–Trinajstić information content (AvgIpc) is 2.16. The van der Waals surface area contributed by atoms with Gasteiger partial charge in [-0.25, -0.2) is 0 Å². The lowest BCUT2D eigenvalue weighted by Crippen LogP contribution is -2.46. The largest absolute Gasteiger partial charge is 0.383 e. The number of methoxy groups -OCH3 is 1. The van der Waals surface area contributed by atoms with Crippen molar-refractivity contribution in [2.45, 2.75) is 39.7 Å². The zero-order valence-corrected chi connectivity index (χ0v) is 10.1. The lowest BCUT2D eigenvalue weighted by Gasteiger charge is -2.41. The lowest BCUT2D eigenvalue weighted by atomic mass is 9.82. The number of rotatable bonds is 4.